The molecule has 2 fully saturated rings. The Balaban J connectivity index is 1.38. The number of hydrogen-bond acceptors (Lipinski definition) is 5. The lowest BCUT2D eigenvalue weighted by Gasteiger charge is -2.41. The second-order valence-electron chi connectivity index (χ2n) is 9.59. The number of aromatic nitrogens is 2. The van der Waals surface area contributed by atoms with Gasteiger partial charge in [-0.05, 0) is 53.4 Å². The van der Waals surface area contributed by atoms with Crippen LogP contribution < -0.4 is 9.80 Å². The molecule has 4 rings (SSSR count). The van der Waals surface area contributed by atoms with Crippen LogP contribution in [0.15, 0.2) is 36.7 Å². The van der Waals surface area contributed by atoms with Crippen LogP contribution in [0.5, 0.6) is 0 Å². The normalized spacial score (nSPS) is 18.8. The highest BCUT2D eigenvalue weighted by Crippen LogP contribution is 2.39. The quantitative estimate of drug-likeness (QED) is 0.721. The molecule has 0 unspecified atom stereocenters. The summed E-state index contributed by atoms with van der Waals surface area (Å²) in [5, 5.41) is 0. The summed E-state index contributed by atoms with van der Waals surface area (Å²) in [6.45, 7) is 14.8. The largest absolute Gasteiger partial charge is 0.378 e. The SMILES string of the molecule is CC(C)c1ccc(N2CCC(C(C)(C)c3ccc(N4CCOCC4)nc3)CC2)nc1. The van der Waals surface area contributed by atoms with Crippen LogP contribution >= 0.6 is 0 Å². The van der Waals surface area contributed by atoms with Gasteiger partial charge in [0.15, 0.2) is 0 Å². The van der Waals surface area contributed by atoms with Crippen molar-refractivity contribution in [3.8, 4) is 0 Å². The second kappa shape index (κ2) is 8.93. The molecule has 0 aromatic carbocycles. The third-order valence-corrected chi connectivity index (χ3v) is 7.10. The Labute approximate surface area is 181 Å². The van der Waals surface area contributed by atoms with Crippen molar-refractivity contribution in [3.63, 3.8) is 0 Å². The molecule has 2 aliphatic heterocycles. The summed E-state index contributed by atoms with van der Waals surface area (Å²) in [6, 6.07) is 8.90. The zero-order valence-corrected chi connectivity index (χ0v) is 19.0. The molecule has 4 heterocycles. The maximum absolute atomic E-state index is 5.46. The van der Waals surface area contributed by atoms with Gasteiger partial charge < -0.3 is 14.5 Å². The molecule has 30 heavy (non-hydrogen) atoms. The zero-order chi connectivity index (χ0) is 21.1. The van der Waals surface area contributed by atoms with Crippen molar-refractivity contribution in [2.24, 2.45) is 5.92 Å². The van der Waals surface area contributed by atoms with E-state index in [4.69, 9.17) is 14.7 Å². The number of pyridine rings is 2. The van der Waals surface area contributed by atoms with E-state index in [1.165, 1.54) is 24.0 Å². The summed E-state index contributed by atoms with van der Waals surface area (Å²) in [6.07, 6.45) is 6.51. The number of nitrogens with zero attached hydrogens (tertiary/aromatic N) is 4. The number of ether oxygens (including phenoxy) is 1. The number of rotatable bonds is 5. The fourth-order valence-corrected chi connectivity index (χ4v) is 4.74. The fourth-order valence-electron chi connectivity index (χ4n) is 4.74. The average molecular weight is 409 g/mol. The molecular weight excluding hydrogens is 372 g/mol. The van der Waals surface area contributed by atoms with Crippen molar-refractivity contribution >= 4 is 11.6 Å². The Hall–Kier alpha value is -2.14. The topological polar surface area (TPSA) is 41.5 Å². The van der Waals surface area contributed by atoms with Gasteiger partial charge in [-0.3, -0.25) is 0 Å². The first-order valence-electron chi connectivity index (χ1n) is 11.5. The van der Waals surface area contributed by atoms with Crippen LogP contribution in [-0.2, 0) is 10.2 Å². The molecule has 0 bridgehead atoms. The summed E-state index contributed by atoms with van der Waals surface area (Å²) < 4.78 is 5.46. The van der Waals surface area contributed by atoms with Gasteiger partial charge in [0.2, 0.25) is 0 Å². The van der Waals surface area contributed by atoms with Crippen molar-refractivity contribution in [3.05, 3.63) is 47.8 Å². The van der Waals surface area contributed by atoms with Crippen molar-refractivity contribution in [1.82, 2.24) is 9.97 Å². The maximum Gasteiger partial charge on any atom is 0.128 e. The molecule has 2 saturated heterocycles. The molecule has 162 valence electrons. The smallest absolute Gasteiger partial charge is 0.128 e. The number of anilines is 2. The highest BCUT2D eigenvalue weighted by Gasteiger charge is 2.34. The molecule has 0 aliphatic carbocycles. The van der Waals surface area contributed by atoms with Gasteiger partial charge in [0.05, 0.1) is 13.2 Å². The van der Waals surface area contributed by atoms with Gasteiger partial charge in [0, 0.05) is 38.6 Å². The average Bonchev–Trinajstić information content (AvgIpc) is 2.80. The number of piperidine rings is 1. The first-order valence-corrected chi connectivity index (χ1v) is 11.5. The minimum Gasteiger partial charge on any atom is -0.378 e. The van der Waals surface area contributed by atoms with Crippen LogP contribution in [0.1, 0.15) is 57.6 Å². The maximum atomic E-state index is 5.46. The molecule has 0 N–H and O–H groups in total. The molecule has 0 radical (unpaired) electrons. The Kier molecular flexibility index (Phi) is 6.28. The van der Waals surface area contributed by atoms with E-state index in [2.05, 4.69) is 68.0 Å². The van der Waals surface area contributed by atoms with E-state index in [9.17, 15) is 0 Å². The van der Waals surface area contributed by atoms with Crippen LogP contribution in [0.4, 0.5) is 11.6 Å². The molecule has 0 spiro atoms. The van der Waals surface area contributed by atoms with E-state index >= 15 is 0 Å². The number of hydrogen-bond donors (Lipinski definition) is 0. The molecule has 5 nitrogen and oxygen atoms in total. The van der Waals surface area contributed by atoms with Crippen molar-refractivity contribution in [2.75, 3.05) is 49.2 Å². The van der Waals surface area contributed by atoms with E-state index in [0.717, 1.165) is 51.0 Å². The van der Waals surface area contributed by atoms with Crippen LogP contribution in [0.2, 0.25) is 0 Å². The predicted octanol–water partition coefficient (Wildman–Crippen LogP) is 4.63. The fraction of sp³-hybridized carbons (Fsp3) is 0.600. The molecular formula is C25H36N4O. The molecule has 0 saturated carbocycles. The van der Waals surface area contributed by atoms with Gasteiger partial charge in [-0.25, -0.2) is 9.97 Å². The Bertz CT molecular complexity index is 802. The minimum atomic E-state index is 0.123. The first-order chi connectivity index (χ1) is 14.4. The summed E-state index contributed by atoms with van der Waals surface area (Å²) in [4.78, 5) is 14.3. The standard InChI is InChI=1S/C25H36N4O/c1-19(2)20-5-7-23(26-17-20)28-11-9-21(10-12-28)25(3,4)22-6-8-24(27-18-22)29-13-15-30-16-14-29/h5-8,17-19,21H,9-16H2,1-4H3. The summed E-state index contributed by atoms with van der Waals surface area (Å²) in [7, 11) is 0. The van der Waals surface area contributed by atoms with E-state index < -0.39 is 0 Å². The van der Waals surface area contributed by atoms with Crippen molar-refractivity contribution in [2.45, 2.75) is 51.9 Å². The first kappa shape index (κ1) is 21.1. The van der Waals surface area contributed by atoms with Crippen molar-refractivity contribution < 1.29 is 4.74 Å². The lowest BCUT2D eigenvalue weighted by atomic mass is 9.70. The highest BCUT2D eigenvalue weighted by atomic mass is 16.5. The Morgan fingerprint density at radius 3 is 2.00 bits per heavy atom. The van der Waals surface area contributed by atoms with Gasteiger partial charge in [-0.1, -0.05) is 39.8 Å². The summed E-state index contributed by atoms with van der Waals surface area (Å²) in [5.74, 6) is 3.37. The van der Waals surface area contributed by atoms with E-state index in [1.807, 2.05) is 6.20 Å². The van der Waals surface area contributed by atoms with Gasteiger partial charge in [-0.2, -0.15) is 0 Å². The van der Waals surface area contributed by atoms with Gasteiger partial charge in [-0.15, -0.1) is 0 Å². The molecule has 0 atom stereocenters. The molecule has 2 aromatic rings. The Morgan fingerprint density at radius 2 is 1.47 bits per heavy atom. The highest BCUT2D eigenvalue weighted by molar-refractivity contribution is 5.42. The van der Waals surface area contributed by atoms with E-state index in [-0.39, 0.29) is 5.41 Å². The second-order valence-corrected chi connectivity index (χ2v) is 9.59. The number of morpholine rings is 1. The van der Waals surface area contributed by atoms with Gasteiger partial charge in [0.25, 0.3) is 0 Å². The van der Waals surface area contributed by atoms with Crippen LogP contribution in [0, 0.1) is 5.92 Å². The molecule has 2 aromatic heterocycles. The third-order valence-electron chi connectivity index (χ3n) is 7.10. The minimum absolute atomic E-state index is 0.123. The van der Waals surface area contributed by atoms with Crippen LogP contribution in [-0.4, -0.2) is 49.4 Å². The lowest BCUT2D eigenvalue weighted by Crippen LogP contribution is -2.41. The zero-order valence-electron chi connectivity index (χ0n) is 19.0. The van der Waals surface area contributed by atoms with Gasteiger partial charge >= 0.3 is 0 Å². The van der Waals surface area contributed by atoms with Crippen LogP contribution in [0.3, 0.4) is 0 Å². The Morgan fingerprint density at radius 1 is 0.867 bits per heavy atom. The van der Waals surface area contributed by atoms with Gasteiger partial charge in [0.1, 0.15) is 11.6 Å². The monoisotopic (exact) mass is 408 g/mol. The molecule has 2 aliphatic rings. The van der Waals surface area contributed by atoms with Crippen LogP contribution in [0.25, 0.3) is 0 Å². The lowest BCUT2D eigenvalue weighted by molar-refractivity contribution is 0.122. The summed E-state index contributed by atoms with van der Waals surface area (Å²) in [5.41, 5.74) is 2.78. The van der Waals surface area contributed by atoms with Crippen molar-refractivity contribution in [1.29, 1.82) is 0 Å². The summed E-state index contributed by atoms with van der Waals surface area (Å²) >= 11 is 0. The van der Waals surface area contributed by atoms with E-state index in [1.54, 1.807) is 0 Å². The molecule has 5 heteroatoms. The third kappa shape index (κ3) is 4.46. The predicted molar refractivity (Wildman–Crippen MR) is 124 cm³/mol. The molecule has 0 amide bonds. The van der Waals surface area contributed by atoms with E-state index in [0.29, 0.717) is 11.8 Å².